The van der Waals surface area contributed by atoms with E-state index in [9.17, 15) is 36.6 Å². The maximum atomic E-state index is 13.4. The molecule has 36 heavy (non-hydrogen) atoms. The van der Waals surface area contributed by atoms with Gasteiger partial charge in [-0.05, 0) is 42.8 Å². The molecule has 3 aromatic rings. The highest BCUT2D eigenvalue weighted by Gasteiger charge is 2.35. The molecular weight excluding hydrogens is 488 g/mol. The van der Waals surface area contributed by atoms with Gasteiger partial charge in [0.25, 0.3) is 0 Å². The second-order valence-electron chi connectivity index (χ2n) is 8.67. The van der Waals surface area contributed by atoms with E-state index in [2.05, 4.69) is 4.90 Å². The molecule has 1 aromatic heterocycles. The van der Waals surface area contributed by atoms with Crippen molar-refractivity contribution in [1.29, 1.82) is 0 Å². The Morgan fingerprint density at radius 3 is 2.08 bits per heavy atom. The van der Waals surface area contributed by atoms with Crippen LogP contribution in [0.1, 0.15) is 17.5 Å². The molecule has 0 aliphatic carbocycles. The second kappa shape index (κ2) is 9.96. The smallest absolute Gasteiger partial charge is 0.417 e. The summed E-state index contributed by atoms with van der Waals surface area (Å²) in [6.45, 7) is 3.08. The van der Waals surface area contributed by atoms with Crippen LogP contribution in [0.2, 0.25) is 0 Å². The quantitative estimate of drug-likeness (QED) is 0.408. The van der Waals surface area contributed by atoms with Crippen LogP contribution in [0.3, 0.4) is 0 Å². The Balaban J connectivity index is 1.35. The molecule has 2 aromatic carbocycles. The highest BCUT2D eigenvalue weighted by atomic mass is 19.4. The monoisotopic (exact) mass is 513 g/mol. The van der Waals surface area contributed by atoms with E-state index < -0.39 is 29.4 Å². The number of hydrogen-bond acceptors (Lipinski definition) is 4. The van der Waals surface area contributed by atoms with Gasteiger partial charge in [0.15, 0.2) is 5.88 Å². The third-order valence-electron chi connectivity index (χ3n) is 6.34. The molecule has 194 valence electrons. The van der Waals surface area contributed by atoms with E-state index in [1.54, 1.807) is 6.07 Å². The third-order valence-corrected chi connectivity index (χ3v) is 6.34. The van der Waals surface area contributed by atoms with Crippen molar-refractivity contribution in [3.63, 3.8) is 0 Å². The summed E-state index contributed by atoms with van der Waals surface area (Å²) in [5, 5.41) is 20.8. The van der Waals surface area contributed by atoms with Crippen molar-refractivity contribution in [3.05, 3.63) is 65.7 Å². The molecule has 1 aliphatic heterocycles. The standard InChI is InChI=1S/C25H25F6N3O2/c26-24(27,28)17-5-3-6-18(15-17)33-13-11-32(12-14-33)9-4-10-34-22(35)16-20(23(34)36)19-7-1-2-8-21(19)25(29,30)31/h1-3,5-8,15-16,35-36H,4,9-14H2. The van der Waals surface area contributed by atoms with Crippen molar-refractivity contribution >= 4 is 5.69 Å². The Hall–Kier alpha value is -3.34. The zero-order valence-electron chi connectivity index (χ0n) is 19.1. The van der Waals surface area contributed by atoms with Crippen molar-refractivity contribution in [2.45, 2.75) is 25.3 Å². The minimum Gasteiger partial charge on any atom is -0.494 e. The molecule has 2 N–H and O–H groups in total. The number of anilines is 1. The van der Waals surface area contributed by atoms with Crippen LogP contribution in [0.15, 0.2) is 54.6 Å². The van der Waals surface area contributed by atoms with Crippen molar-refractivity contribution in [2.24, 2.45) is 0 Å². The van der Waals surface area contributed by atoms with E-state index in [0.717, 1.165) is 24.3 Å². The number of aromatic hydroxyl groups is 2. The lowest BCUT2D eigenvalue weighted by molar-refractivity contribution is -0.138. The number of alkyl halides is 6. The summed E-state index contributed by atoms with van der Waals surface area (Å²) in [4.78, 5) is 4.00. The highest BCUT2D eigenvalue weighted by Crippen LogP contribution is 2.42. The van der Waals surface area contributed by atoms with Crippen molar-refractivity contribution in [3.8, 4) is 22.9 Å². The zero-order valence-corrected chi connectivity index (χ0v) is 19.1. The number of halogens is 6. The van der Waals surface area contributed by atoms with Crippen molar-refractivity contribution in [2.75, 3.05) is 37.6 Å². The predicted molar refractivity (Wildman–Crippen MR) is 123 cm³/mol. The van der Waals surface area contributed by atoms with Gasteiger partial charge in [-0.1, -0.05) is 24.3 Å². The maximum Gasteiger partial charge on any atom is 0.417 e. The van der Waals surface area contributed by atoms with Gasteiger partial charge in [-0.2, -0.15) is 26.3 Å². The van der Waals surface area contributed by atoms with Crippen LogP contribution < -0.4 is 4.90 Å². The average molecular weight is 513 g/mol. The number of hydrogen-bond donors (Lipinski definition) is 2. The van der Waals surface area contributed by atoms with Gasteiger partial charge in [-0.25, -0.2) is 0 Å². The Morgan fingerprint density at radius 1 is 0.722 bits per heavy atom. The Kier molecular flexibility index (Phi) is 7.12. The molecule has 2 heterocycles. The largest absolute Gasteiger partial charge is 0.494 e. The summed E-state index contributed by atoms with van der Waals surface area (Å²) >= 11 is 0. The van der Waals surface area contributed by atoms with Gasteiger partial charge in [0.05, 0.1) is 11.1 Å². The molecule has 11 heteroatoms. The summed E-state index contributed by atoms with van der Waals surface area (Å²) in [5.41, 5.74) is -1.40. The third kappa shape index (κ3) is 5.56. The first kappa shape index (κ1) is 25.7. The zero-order chi connectivity index (χ0) is 26.1. The molecule has 0 bridgehead atoms. The normalized spacial score (nSPS) is 15.4. The van der Waals surface area contributed by atoms with Gasteiger partial charge in [0, 0.05) is 50.0 Å². The first-order valence-electron chi connectivity index (χ1n) is 11.4. The summed E-state index contributed by atoms with van der Waals surface area (Å²) in [7, 11) is 0. The molecule has 0 atom stereocenters. The summed E-state index contributed by atoms with van der Waals surface area (Å²) in [5.74, 6) is -0.785. The highest BCUT2D eigenvalue weighted by molar-refractivity contribution is 5.74. The molecule has 1 saturated heterocycles. The van der Waals surface area contributed by atoms with Crippen LogP contribution in [0.4, 0.5) is 32.0 Å². The number of nitrogens with zero attached hydrogens (tertiary/aromatic N) is 3. The van der Waals surface area contributed by atoms with E-state index >= 15 is 0 Å². The molecule has 0 saturated carbocycles. The average Bonchev–Trinajstić information content (AvgIpc) is 3.12. The summed E-state index contributed by atoms with van der Waals surface area (Å²) in [6, 6.07) is 11.2. The van der Waals surface area contributed by atoms with E-state index in [1.807, 2.05) is 4.90 Å². The van der Waals surface area contributed by atoms with Crippen LogP contribution >= 0.6 is 0 Å². The fraction of sp³-hybridized carbons (Fsp3) is 0.360. The topological polar surface area (TPSA) is 51.9 Å². The second-order valence-corrected chi connectivity index (χ2v) is 8.67. The van der Waals surface area contributed by atoms with Gasteiger partial charge < -0.3 is 15.1 Å². The summed E-state index contributed by atoms with van der Waals surface area (Å²) < 4.78 is 80.3. The van der Waals surface area contributed by atoms with Gasteiger partial charge in [0.2, 0.25) is 5.88 Å². The SMILES string of the molecule is Oc1cc(-c2ccccc2C(F)(F)F)c(O)n1CCCN1CCN(c2cccc(C(F)(F)F)c2)CC1. The first-order chi connectivity index (χ1) is 16.9. The Bertz CT molecular complexity index is 1200. The van der Waals surface area contributed by atoms with Crippen molar-refractivity contribution < 1.29 is 36.6 Å². The van der Waals surface area contributed by atoms with E-state index in [1.165, 1.54) is 28.8 Å². The number of benzene rings is 2. The Labute approximate surface area is 203 Å². The molecule has 0 radical (unpaired) electrons. The number of aromatic nitrogens is 1. The number of rotatable bonds is 6. The van der Waals surface area contributed by atoms with E-state index in [0.29, 0.717) is 44.8 Å². The number of piperazine rings is 1. The maximum absolute atomic E-state index is 13.4. The summed E-state index contributed by atoms with van der Waals surface area (Å²) in [6.07, 6.45) is -8.52. The molecular formula is C25H25F6N3O2. The van der Waals surface area contributed by atoms with Gasteiger partial charge in [0.1, 0.15) is 0 Å². The molecule has 5 nitrogen and oxygen atoms in total. The van der Waals surface area contributed by atoms with Gasteiger partial charge in [-0.15, -0.1) is 0 Å². The van der Waals surface area contributed by atoms with E-state index in [-0.39, 0.29) is 23.6 Å². The van der Waals surface area contributed by atoms with Gasteiger partial charge >= 0.3 is 12.4 Å². The lowest BCUT2D eigenvalue weighted by atomic mass is 10.0. The minimum atomic E-state index is -4.61. The fourth-order valence-corrected chi connectivity index (χ4v) is 4.47. The first-order valence-corrected chi connectivity index (χ1v) is 11.4. The lowest BCUT2D eigenvalue weighted by Crippen LogP contribution is -2.46. The molecule has 0 unspecified atom stereocenters. The molecule has 4 rings (SSSR count). The Morgan fingerprint density at radius 2 is 1.42 bits per heavy atom. The van der Waals surface area contributed by atoms with Crippen LogP contribution in [-0.2, 0) is 18.9 Å². The minimum absolute atomic E-state index is 0.102. The lowest BCUT2D eigenvalue weighted by Gasteiger charge is -2.36. The molecule has 1 aliphatic rings. The predicted octanol–water partition coefficient (Wildman–Crippen LogP) is 5.82. The van der Waals surface area contributed by atoms with Crippen molar-refractivity contribution in [1.82, 2.24) is 9.47 Å². The van der Waals surface area contributed by atoms with E-state index in [4.69, 9.17) is 0 Å². The molecule has 0 amide bonds. The molecule has 0 spiro atoms. The van der Waals surface area contributed by atoms with Gasteiger partial charge in [-0.3, -0.25) is 9.47 Å². The molecule has 1 fully saturated rings. The van der Waals surface area contributed by atoms with Crippen LogP contribution in [0.25, 0.3) is 11.1 Å². The fourth-order valence-electron chi connectivity index (χ4n) is 4.47. The van der Waals surface area contributed by atoms with Crippen LogP contribution in [0.5, 0.6) is 11.8 Å². The van der Waals surface area contributed by atoms with Crippen LogP contribution in [-0.4, -0.2) is 52.4 Å². The van der Waals surface area contributed by atoms with Crippen LogP contribution in [0, 0.1) is 0 Å².